The van der Waals surface area contributed by atoms with Crippen molar-refractivity contribution in [3.05, 3.63) is 57.8 Å². The Bertz CT molecular complexity index is 1240. The molecule has 3 unspecified atom stereocenters. The Morgan fingerprint density at radius 1 is 1.22 bits per heavy atom. The number of amides is 1. The third-order valence-corrected chi connectivity index (χ3v) is 11.2. The van der Waals surface area contributed by atoms with Crippen LogP contribution in [0.4, 0.5) is 4.79 Å². The number of esters is 1. The molecule has 2 saturated carbocycles. The molecule has 3 aliphatic carbocycles. The van der Waals surface area contributed by atoms with Crippen molar-refractivity contribution >= 4 is 23.4 Å². The fraction of sp³-hybridized carbons (Fsp3) is 0.586. The van der Waals surface area contributed by atoms with Gasteiger partial charge in [0.1, 0.15) is 23.3 Å². The maximum Gasteiger partial charge on any atom is 0.407 e. The van der Waals surface area contributed by atoms with E-state index in [9.17, 15) is 14.7 Å². The van der Waals surface area contributed by atoms with Crippen molar-refractivity contribution in [2.45, 2.75) is 82.8 Å². The van der Waals surface area contributed by atoms with Gasteiger partial charge in [-0.2, -0.15) is 0 Å². The highest BCUT2D eigenvalue weighted by Crippen LogP contribution is 2.89. The number of ether oxygens (including phenoxy) is 3. The minimum absolute atomic E-state index is 0.144. The summed E-state index contributed by atoms with van der Waals surface area (Å²) in [7, 11) is 0. The van der Waals surface area contributed by atoms with Crippen LogP contribution in [0.15, 0.2) is 41.8 Å². The van der Waals surface area contributed by atoms with Gasteiger partial charge >= 0.3 is 12.1 Å². The van der Waals surface area contributed by atoms with Gasteiger partial charge in [-0.05, 0) is 53.7 Å². The van der Waals surface area contributed by atoms with Gasteiger partial charge in [-0.15, -0.1) is 11.3 Å². The van der Waals surface area contributed by atoms with Crippen molar-refractivity contribution in [2.75, 3.05) is 6.61 Å². The number of hydrogen-bond acceptors (Lipinski definition) is 7. The number of aliphatic hydroxyl groups is 1. The maximum absolute atomic E-state index is 13.4. The summed E-state index contributed by atoms with van der Waals surface area (Å²) in [6, 6.07) is 11.2. The molecule has 198 valence electrons. The van der Waals surface area contributed by atoms with Crippen LogP contribution < -0.4 is 5.32 Å². The highest BCUT2D eigenvalue weighted by Gasteiger charge is 2.95. The molecular weight excluding hydrogens is 490 g/mol. The first-order valence-electron chi connectivity index (χ1n) is 13.2. The van der Waals surface area contributed by atoms with Gasteiger partial charge in [0.15, 0.2) is 6.10 Å². The zero-order valence-corrected chi connectivity index (χ0v) is 22.8. The third kappa shape index (κ3) is 2.95. The molecule has 8 heteroatoms. The van der Waals surface area contributed by atoms with Gasteiger partial charge in [0, 0.05) is 16.2 Å². The molecule has 3 fully saturated rings. The van der Waals surface area contributed by atoms with Crippen LogP contribution in [0.2, 0.25) is 0 Å². The van der Waals surface area contributed by atoms with Crippen LogP contribution in [0.5, 0.6) is 0 Å². The summed E-state index contributed by atoms with van der Waals surface area (Å²) >= 11 is 1.35. The van der Waals surface area contributed by atoms with Crippen molar-refractivity contribution in [3.8, 4) is 0 Å². The second-order valence-electron chi connectivity index (χ2n) is 11.8. The molecule has 0 spiro atoms. The summed E-state index contributed by atoms with van der Waals surface area (Å²) in [5.74, 6) is -0.228. The number of carbonyl (C=O) groups excluding carboxylic acids is 2. The predicted octanol–water partition coefficient (Wildman–Crippen LogP) is 5.05. The van der Waals surface area contributed by atoms with E-state index >= 15 is 0 Å². The van der Waals surface area contributed by atoms with E-state index in [0.717, 1.165) is 6.42 Å². The number of rotatable bonds is 6. The topological polar surface area (TPSA) is 97.4 Å². The number of alkyl carbamates (subject to hydrolysis) is 1. The Morgan fingerprint density at radius 3 is 2.68 bits per heavy atom. The SMILES string of the molecule is CCOC(=O)N[C@@H](c1cccs1)[C@@H](O)C(=O)OC1CC2C(C)(C)C1(C)[C@@]13C[C@H](C)c4ccccc4[C@@]21O3. The highest BCUT2D eigenvalue weighted by atomic mass is 32.1. The van der Waals surface area contributed by atoms with Gasteiger partial charge < -0.3 is 24.6 Å². The van der Waals surface area contributed by atoms with Crippen molar-refractivity contribution < 1.29 is 28.9 Å². The lowest BCUT2D eigenvalue weighted by molar-refractivity contribution is -0.172. The van der Waals surface area contributed by atoms with E-state index in [1.807, 2.05) is 11.4 Å². The second kappa shape index (κ2) is 8.04. The highest BCUT2D eigenvalue weighted by molar-refractivity contribution is 7.10. The first-order valence-corrected chi connectivity index (χ1v) is 14.1. The number of epoxide rings is 1. The number of benzene rings is 1. The van der Waals surface area contributed by atoms with Crippen molar-refractivity contribution in [2.24, 2.45) is 16.7 Å². The molecule has 1 aromatic carbocycles. The number of carbonyl (C=O) groups is 2. The molecule has 37 heavy (non-hydrogen) atoms. The Labute approximate surface area is 221 Å². The molecule has 2 heterocycles. The van der Waals surface area contributed by atoms with Crippen molar-refractivity contribution in [1.82, 2.24) is 5.32 Å². The Morgan fingerprint density at radius 2 is 1.97 bits per heavy atom. The zero-order chi connectivity index (χ0) is 26.4. The van der Waals surface area contributed by atoms with E-state index < -0.39 is 41.3 Å². The molecule has 1 aromatic heterocycles. The molecule has 1 aliphatic heterocycles. The van der Waals surface area contributed by atoms with Crippen LogP contribution in [0.3, 0.4) is 0 Å². The first-order chi connectivity index (χ1) is 17.5. The standard InChI is InChI=1S/C29H35NO6S/c1-6-34-25(33)30-22(19-12-9-13-37-19)23(31)24(32)35-21-14-20-26(3,4)27(21,5)28-15-16(2)17-10-7-8-11-18(17)29(20,28)36-28/h7-13,16,20-23,31H,6,14-15H2,1-5H3,(H,30,33)/t16-,20?,21?,22-,23+,27?,28-,29+/m0/s1. The first kappa shape index (κ1) is 24.9. The van der Waals surface area contributed by atoms with Crippen LogP contribution in [0.25, 0.3) is 0 Å². The maximum atomic E-state index is 13.4. The molecular formula is C29H35NO6S. The van der Waals surface area contributed by atoms with Crippen LogP contribution in [0.1, 0.15) is 75.4 Å². The fourth-order valence-corrected chi connectivity index (χ4v) is 9.13. The molecule has 8 atom stereocenters. The van der Waals surface area contributed by atoms with Gasteiger partial charge in [0.05, 0.1) is 6.61 Å². The van der Waals surface area contributed by atoms with Crippen molar-refractivity contribution in [3.63, 3.8) is 0 Å². The lowest BCUT2D eigenvalue weighted by Gasteiger charge is -2.46. The Kier molecular flexibility index (Phi) is 5.41. The Hall–Kier alpha value is -2.42. The summed E-state index contributed by atoms with van der Waals surface area (Å²) in [5.41, 5.74) is 1.31. The third-order valence-electron chi connectivity index (χ3n) is 10.2. The molecule has 0 radical (unpaired) electrons. The summed E-state index contributed by atoms with van der Waals surface area (Å²) in [5, 5.41) is 15.6. The molecule has 1 saturated heterocycles. The van der Waals surface area contributed by atoms with Crippen LogP contribution in [0, 0.1) is 16.7 Å². The van der Waals surface area contributed by atoms with Crippen LogP contribution in [-0.4, -0.2) is 41.6 Å². The smallest absolute Gasteiger partial charge is 0.407 e. The van der Waals surface area contributed by atoms with Gasteiger partial charge in [-0.3, -0.25) is 0 Å². The number of fused-ring (bicyclic) bond motifs is 3. The van der Waals surface area contributed by atoms with Crippen LogP contribution in [-0.2, 0) is 24.6 Å². The summed E-state index contributed by atoms with van der Waals surface area (Å²) < 4.78 is 18.0. The fourth-order valence-electron chi connectivity index (χ4n) is 8.33. The van der Waals surface area contributed by atoms with Gasteiger partial charge in [-0.1, -0.05) is 58.0 Å². The van der Waals surface area contributed by atoms with E-state index in [1.165, 1.54) is 22.5 Å². The Balaban J connectivity index is 1.29. The van der Waals surface area contributed by atoms with E-state index in [4.69, 9.17) is 14.2 Å². The average Bonchev–Trinajstić information content (AvgIpc) is 3.13. The summed E-state index contributed by atoms with van der Waals surface area (Å²) in [4.78, 5) is 26.3. The van der Waals surface area contributed by atoms with Gasteiger partial charge in [-0.25, -0.2) is 9.59 Å². The zero-order valence-electron chi connectivity index (χ0n) is 21.9. The van der Waals surface area contributed by atoms with Gasteiger partial charge in [0.2, 0.25) is 0 Å². The van der Waals surface area contributed by atoms with E-state index in [2.05, 4.69) is 57.3 Å². The lowest BCUT2D eigenvalue weighted by atomic mass is 9.58. The predicted molar refractivity (Wildman–Crippen MR) is 138 cm³/mol. The minimum Gasteiger partial charge on any atom is -0.460 e. The summed E-state index contributed by atoms with van der Waals surface area (Å²) in [6.07, 6.45) is -1.12. The quantitative estimate of drug-likeness (QED) is 0.405. The number of nitrogens with one attached hydrogen (secondary N) is 1. The molecule has 1 amide bonds. The monoisotopic (exact) mass is 525 g/mol. The molecule has 2 aromatic rings. The average molecular weight is 526 g/mol. The minimum atomic E-state index is -1.57. The van der Waals surface area contributed by atoms with Gasteiger partial charge in [0.25, 0.3) is 0 Å². The normalized spacial score (nSPS) is 37.5. The number of hydrogen-bond donors (Lipinski definition) is 2. The molecule has 2 bridgehead atoms. The molecule has 2 N–H and O–H groups in total. The van der Waals surface area contributed by atoms with Crippen LogP contribution >= 0.6 is 11.3 Å². The number of thiophene rings is 1. The molecule has 4 aliphatic rings. The molecule has 6 rings (SSSR count). The van der Waals surface area contributed by atoms with E-state index in [0.29, 0.717) is 17.2 Å². The lowest BCUT2D eigenvalue weighted by Crippen LogP contribution is -2.53. The largest absolute Gasteiger partial charge is 0.460 e. The van der Waals surface area contributed by atoms with Crippen molar-refractivity contribution in [1.29, 1.82) is 0 Å². The summed E-state index contributed by atoms with van der Waals surface area (Å²) in [6.45, 7) is 10.9. The number of aliphatic hydroxyl groups excluding tert-OH is 1. The van der Waals surface area contributed by atoms with E-state index in [-0.39, 0.29) is 23.5 Å². The second-order valence-corrected chi connectivity index (χ2v) is 12.8. The van der Waals surface area contributed by atoms with E-state index in [1.54, 1.807) is 13.0 Å². The molecule has 7 nitrogen and oxygen atoms in total.